The highest BCUT2D eigenvalue weighted by molar-refractivity contribution is 7.26. The lowest BCUT2D eigenvalue weighted by Gasteiger charge is -2.17. The van der Waals surface area contributed by atoms with Gasteiger partial charge >= 0.3 is 0 Å². The number of para-hydroxylation sites is 6. The van der Waals surface area contributed by atoms with E-state index in [1.54, 1.807) is 0 Å². The molecule has 0 aliphatic carbocycles. The Balaban J connectivity index is 1.22. The van der Waals surface area contributed by atoms with Crippen LogP contribution in [0.15, 0.2) is 188 Å². The fourth-order valence-corrected chi connectivity index (χ4v) is 10.7. The zero-order valence-corrected chi connectivity index (χ0v) is 31.9. The third-order valence-electron chi connectivity index (χ3n) is 11.9. The van der Waals surface area contributed by atoms with Crippen molar-refractivity contribution < 1.29 is 0 Å². The van der Waals surface area contributed by atoms with Gasteiger partial charge in [0.1, 0.15) is 11.6 Å². The zero-order valence-electron chi connectivity index (χ0n) is 31.0. The van der Waals surface area contributed by atoms with E-state index in [2.05, 4.69) is 202 Å². The molecule has 0 N–H and O–H groups in total. The van der Waals surface area contributed by atoms with Crippen LogP contribution in [0, 0.1) is 0 Å². The molecule has 13 rings (SSSR count). The van der Waals surface area contributed by atoms with Crippen LogP contribution in [0.1, 0.15) is 0 Å². The summed E-state index contributed by atoms with van der Waals surface area (Å²) >= 11 is 1.82. The van der Waals surface area contributed by atoms with Crippen molar-refractivity contribution in [2.24, 2.45) is 0 Å². The Morgan fingerprint density at radius 2 is 0.690 bits per heavy atom. The zero-order chi connectivity index (χ0) is 37.9. The number of nitrogens with zero attached hydrogens (tertiary/aromatic N) is 5. The molecule has 0 spiro atoms. The number of hydrogen-bond acceptors (Lipinski definition) is 3. The molecule has 0 radical (unpaired) electrons. The predicted molar refractivity (Wildman–Crippen MR) is 243 cm³/mol. The van der Waals surface area contributed by atoms with Crippen molar-refractivity contribution in [1.29, 1.82) is 0 Å². The van der Waals surface area contributed by atoms with Crippen molar-refractivity contribution in [3.8, 4) is 28.7 Å². The molecule has 0 saturated heterocycles. The average Bonchev–Trinajstić information content (AvgIpc) is 4.02. The van der Waals surface area contributed by atoms with Crippen LogP contribution in [0.4, 0.5) is 0 Å². The predicted octanol–water partition coefficient (Wildman–Crippen LogP) is 13.8. The first-order valence-electron chi connectivity index (χ1n) is 19.6. The van der Waals surface area contributed by atoms with Gasteiger partial charge in [0, 0.05) is 58.6 Å². The van der Waals surface area contributed by atoms with Crippen molar-refractivity contribution in [3.63, 3.8) is 0 Å². The standard InChI is InChI=1S/C52H31N5S/c1-8-22-40-32(15-1)33-16-2-9-23-41(33)55(40)46-30-29-39-38-21-7-14-28-47(38)58-51(39)50(46)52-53-48(56-42-24-10-3-17-34(42)35-18-4-11-25-43(35)56)31-49(54-52)57-44-26-12-5-19-36(44)37-20-6-13-27-45(37)57/h1-31H. The van der Waals surface area contributed by atoms with Crippen molar-refractivity contribution in [2.45, 2.75) is 0 Å². The van der Waals surface area contributed by atoms with Gasteiger partial charge < -0.3 is 4.57 Å². The molecule has 0 aliphatic heterocycles. The Morgan fingerprint density at radius 3 is 1.12 bits per heavy atom. The quantitative estimate of drug-likeness (QED) is 0.179. The second kappa shape index (κ2) is 12.0. The molecule has 6 heteroatoms. The minimum atomic E-state index is 0.672. The average molecular weight is 758 g/mol. The van der Waals surface area contributed by atoms with Crippen molar-refractivity contribution >= 4 is 96.9 Å². The minimum absolute atomic E-state index is 0.672. The van der Waals surface area contributed by atoms with Gasteiger partial charge in [0.25, 0.3) is 0 Å². The lowest BCUT2D eigenvalue weighted by molar-refractivity contribution is 0.993. The topological polar surface area (TPSA) is 40.6 Å². The van der Waals surface area contributed by atoms with Gasteiger partial charge in [-0.1, -0.05) is 133 Å². The Labute approximate surface area is 335 Å². The van der Waals surface area contributed by atoms with E-state index in [-0.39, 0.29) is 0 Å². The first kappa shape index (κ1) is 31.6. The number of aromatic nitrogens is 5. The fraction of sp³-hybridized carbons (Fsp3) is 0. The second-order valence-electron chi connectivity index (χ2n) is 15.0. The number of benzene rings is 8. The molecule has 0 aliphatic rings. The summed E-state index contributed by atoms with van der Waals surface area (Å²) in [6, 6.07) is 67.5. The number of fused-ring (bicyclic) bond motifs is 12. The molecule has 0 saturated carbocycles. The molecular formula is C52H31N5S. The maximum atomic E-state index is 5.70. The molecule has 0 fully saturated rings. The maximum absolute atomic E-state index is 5.70. The van der Waals surface area contributed by atoms with Gasteiger partial charge in [-0.3, -0.25) is 9.13 Å². The monoisotopic (exact) mass is 757 g/mol. The van der Waals surface area contributed by atoms with Crippen LogP contribution in [-0.4, -0.2) is 23.7 Å². The summed E-state index contributed by atoms with van der Waals surface area (Å²) in [4.78, 5) is 11.4. The summed E-state index contributed by atoms with van der Waals surface area (Å²) in [7, 11) is 0. The molecule has 5 heterocycles. The molecule has 5 aromatic heterocycles. The molecule has 0 amide bonds. The first-order valence-corrected chi connectivity index (χ1v) is 20.4. The molecule has 8 aromatic carbocycles. The van der Waals surface area contributed by atoms with E-state index >= 15 is 0 Å². The lowest BCUT2D eigenvalue weighted by atomic mass is 10.1. The van der Waals surface area contributed by atoms with E-state index in [0.717, 1.165) is 60.7 Å². The van der Waals surface area contributed by atoms with E-state index in [1.807, 2.05) is 11.3 Å². The van der Waals surface area contributed by atoms with Crippen LogP contribution in [0.5, 0.6) is 0 Å². The first-order chi connectivity index (χ1) is 28.8. The van der Waals surface area contributed by atoms with Gasteiger partial charge in [0.05, 0.1) is 44.4 Å². The van der Waals surface area contributed by atoms with Gasteiger partial charge in [-0.25, -0.2) is 9.97 Å². The number of hydrogen-bond donors (Lipinski definition) is 0. The van der Waals surface area contributed by atoms with Crippen LogP contribution in [-0.2, 0) is 0 Å². The van der Waals surface area contributed by atoms with Crippen molar-refractivity contribution in [2.75, 3.05) is 0 Å². The third kappa shape index (κ3) is 4.35. The SMILES string of the molecule is c1ccc2c(c1)sc1c(-c3nc(-n4c5ccccc5c5ccccc54)cc(-n4c5ccccc5c5ccccc54)n3)c(-n3c4ccccc4c4ccccc43)ccc12. The smallest absolute Gasteiger partial charge is 0.167 e. The molecular weight excluding hydrogens is 727 g/mol. The van der Waals surface area contributed by atoms with Gasteiger partial charge in [0.15, 0.2) is 5.82 Å². The number of rotatable bonds is 4. The highest BCUT2D eigenvalue weighted by Gasteiger charge is 2.25. The van der Waals surface area contributed by atoms with E-state index in [4.69, 9.17) is 9.97 Å². The van der Waals surface area contributed by atoms with Crippen LogP contribution in [0.25, 0.3) is 114 Å². The van der Waals surface area contributed by atoms with Crippen LogP contribution < -0.4 is 0 Å². The van der Waals surface area contributed by atoms with E-state index in [1.165, 1.54) is 47.8 Å². The Kier molecular flexibility index (Phi) is 6.54. The summed E-state index contributed by atoms with van der Waals surface area (Å²) < 4.78 is 9.45. The normalized spacial score (nSPS) is 12.1. The highest BCUT2D eigenvalue weighted by atomic mass is 32.1. The molecule has 58 heavy (non-hydrogen) atoms. The van der Waals surface area contributed by atoms with Crippen LogP contribution in [0.2, 0.25) is 0 Å². The summed E-state index contributed by atoms with van der Waals surface area (Å²) in [5.41, 5.74) is 8.75. The van der Waals surface area contributed by atoms with Crippen molar-refractivity contribution in [3.05, 3.63) is 188 Å². The maximum Gasteiger partial charge on any atom is 0.167 e. The summed E-state index contributed by atoms with van der Waals surface area (Å²) in [5, 5.41) is 9.62. The lowest BCUT2D eigenvalue weighted by Crippen LogP contribution is -2.08. The summed E-state index contributed by atoms with van der Waals surface area (Å²) in [5.74, 6) is 2.29. The molecule has 13 aromatic rings. The fourth-order valence-electron chi connectivity index (χ4n) is 9.46. The minimum Gasteiger partial charge on any atom is -0.308 e. The molecule has 270 valence electrons. The molecule has 0 bridgehead atoms. The van der Waals surface area contributed by atoms with Gasteiger partial charge in [0.2, 0.25) is 0 Å². The molecule has 5 nitrogen and oxygen atoms in total. The van der Waals surface area contributed by atoms with Gasteiger partial charge in [-0.2, -0.15) is 0 Å². The van der Waals surface area contributed by atoms with E-state index < -0.39 is 0 Å². The Morgan fingerprint density at radius 1 is 0.328 bits per heavy atom. The molecule has 0 atom stereocenters. The largest absolute Gasteiger partial charge is 0.308 e. The van der Waals surface area contributed by atoms with Gasteiger partial charge in [-0.05, 0) is 48.5 Å². The Bertz CT molecular complexity index is 3530. The third-order valence-corrected chi connectivity index (χ3v) is 13.1. The Hall–Kier alpha value is -7.54. The van der Waals surface area contributed by atoms with Gasteiger partial charge in [-0.15, -0.1) is 11.3 Å². The molecule has 0 unspecified atom stereocenters. The number of thiophene rings is 1. The summed E-state index contributed by atoms with van der Waals surface area (Å²) in [6.45, 7) is 0. The van der Waals surface area contributed by atoms with E-state index in [0.29, 0.717) is 5.82 Å². The van der Waals surface area contributed by atoms with E-state index in [9.17, 15) is 0 Å². The van der Waals surface area contributed by atoms with Crippen LogP contribution in [0.3, 0.4) is 0 Å². The van der Waals surface area contributed by atoms with Crippen LogP contribution >= 0.6 is 11.3 Å². The highest BCUT2D eigenvalue weighted by Crippen LogP contribution is 2.45. The van der Waals surface area contributed by atoms with Crippen molar-refractivity contribution in [1.82, 2.24) is 23.7 Å². The second-order valence-corrected chi connectivity index (χ2v) is 16.0. The summed E-state index contributed by atoms with van der Waals surface area (Å²) in [6.07, 6.45) is 0.